The lowest BCUT2D eigenvalue weighted by atomic mass is 9.95. The summed E-state index contributed by atoms with van der Waals surface area (Å²) in [5.74, 6) is 1.41. The number of hydrogen-bond donors (Lipinski definition) is 1. The molecule has 1 aliphatic rings. The zero-order valence-corrected chi connectivity index (χ0v) is 32.3. The van der Waals surface area contributed by atoms with Crippen molar-refractivity contribution in [2.45, 2.75) is 6.17 Å². The molecule has 1 N–H and O–H groups in total. The average Bonchev–Trinajstić information content (AvgIpc) is 3.90. The molecule has 1 atom stereocenters. The molecule has 0 saturated carbocycles. The fourth-order valence-corrected chi connectivity index (χ4v) is 8.71. The summed E-state index contributed by atoms with van der Waals surface area (Å²) in [6.07, 6.45) is -0.376. The third-order valence-corrected chi connectivity index (χ3v) is 11.8. The van der Waals surface area contributed by atoms with E-state index >= 15 is 0 Å². The number of amidine groups is 2. The first kappa shape index (κ1) is 34.1. The Morgan fingerprint density at radius 1 is 0.400 bits per heavy atom. The Bertz CT molecular complexity index is 3490. The lowest BCUT2D eigenvalue weighted by molar-refractivity contribution is 0.669. The number of fused-ring (bicyclic) bond motifs is 8. The molecule has 1 unspecified atom stereocenters. The minimum absolute atomic E-state index is 0.376. The van der Waals surface area contributed by atoms with Gasteiger partial charge in [-0.15, -0.1) is 0 Å². The van der Waals surface area contributed by atoms with Gasteiger partial charge < -0.3 is 14.2 Å². The van der Waals surface area contributed by atoms with Gasteiger partial charge in [0, 0.05) is 38.1 Å². The Kier molecular flexibility index (Phi) is 7.85. The van der Waals surface area contributed by atoms with Gasteiger partial charge in [0.15, 0.2) is 5.84 Å². The zero-order chi connectivity index (χ0) is 39.6. The number of para-hydroxylation sites is 1. The van der Waals surface area contributed by atoms with Crippen LogP contribution in [0.4, 0.5) is 0 Å². The van der Waals surface area contributed by atoms with Crippen LogP contribution in [0, 0.1) is 0 Å². The van der Waals surface area contributed by atoms with Gasteiger partial charge in [0.25, 0.3) is 0 Å². The number of furan rings is 2. The normalized spacial score (nSPS) is 14.2. The van der Waals surface area contributed by atoms with Crippen LogP contribution in [0.15, 0.2) is 219 Å². The molecule has 3 heterocycles. The maximum atomic E-state index is 6.87. The van der Waals surface area contributed by atoms with Crippen LogP contribution in [-0.2, 0) is 0 Å². The predicted octanol–water partition coefficient (Wildman–Crippen LogP) is 14.1. The summed E-state index contributed by atoms with van der Waals surface area (Å²) in [7, 11) is 0. The van der Waals surface area contributed by atoms with Crippen LogP contribution in [0.2, 0.25) is 0 Å². The van der Waals surface area contributed by atoms with Gasteiger partial charge in [-0.2, -0.15) is 0 Å². The van der Waals surface area contributed by atoms with Gasteiger partial charge in [0.05, 0.1) is 0 Å². The van der Waals surface area contributed by atoms with E-state index in [4.69, 9.17) is 18.8 Å². The smallest absolute Gasteiger partial charge is 0.160 e. The summed E-state index contributed by atoms with van der Waals surface area (Å²) < 4.78 is 13.1. The maximum absolute atomic E-state index is 6.87. The molecule has 0 aliphatic carbocycles. The van der Waals surface area contributed by atoms with Crippen molar-refractivity contribution in [1.29, 1.82) is 0 Å². The van der Waals surface area contributed by atoms with Crippen LogP contribution >= 0.6 is 0 Å². The number of benzene rings is 9. The van der Waals surface area contributed by atoms with Gasteiger partial charge in [0.1, 0.15) is 34.3 Å². The summed E-state index contributed by atoms with van der Waals surface area (Å²) in [6.45, 7) is 0. The third-order valence-electron chi connectivity index (χ3n) is 11.8. The van der Waals surface area contributed by atoms with E-state index in [1.807, 2.05) is 36.4 Å². The minimum Gasteiger partial charge on any atom is -0.456 e. The van der Waals surface area contributed by atoms with Crippen molar-refractivity contribution in [2.24, 2.45) is 9.98 Å². The molecule has 5 nitrogen and oxygen atoms in total. The molecule has 0 amide bonds. The van der Waals surface area contributed by atoms with Gasteiger partial charge in [0.2, 0.25) is 0 Å². The maximum Gasteiger partial charge on any atom is 0.160 e. The van der Waals surface area contributed by atoms with Crippen LogP contribution in [0.3, 0.4) is 0 Å². The van der Waals surface area contributed by atoms with Crippen molar-refractivity contribution in [2.75, 3.05) is 0 Å². The average molecular weight is 770 g/mol. The number of hydrogen-bond acceptors (Lipinski definition) is 5. The molecule has 60 heavy (non-hydrogen) atoms. The second-order valence-electron chi connectivity index (χ2n) is 15.4. The van der Waals surface area contributed by atoms with Crippen LogP contribution in [0.25, 0.3) is 88.0 Å². The molecule has 0 spiro atoms. The Balaban J connectivity index is 1.01. The molecule has 0 bridgehead atoms. The van der Waals surface area contributed by atoms with Gasteiger partial charge >= 0.3 is 0 Å². The molecule has 0 radical (unpaired) electrons. The quantitative estimate of drug-likeness (QED) is 0.183. The van der Waals surface area contributed by atoms with Gasteiger partial charge in [-0.25, -0.2) is 9.98 Å². The summed E-state index contributed by atoms with van der Waals surface area (Å²) in [5, 5.41) is 10.1. The summed E-state index contributed by atoms with van der Waals surface area (Å²) in [5.41, 5.74) is 13.0. The highest BCUT2D eigenvalue weighted by Gasteiger charge is 2.25. The zero-order valence-electron chi connectivity index (χ0n) is 32.3. The Morgan fingerprint density at radius 3 is 1.78 bits per heavy atom. The van der Waals surface area contributed by atoms with Gasteiger partial charge in [-0.05, 0) is 80.7 Å². The summed E-state index contributed by atoms with van der Waals surface area (Å²) in [4.78, 5) is 10.7. The topological polar surface area (TPSA) is 63.0 Å². The molecule has 11 aromatic rings. The molecular weight excluding hydrogens is 735 g/mol. The van der Waals surface area contributed by atoms with Crippen LogP contribution in [0.5, 0.6) is 0 Å². The Hall–Kier alpha value is -8.02. The SMILES string of the molecule is c1ccc(C2=NC(c3cc(-c4ccc(-c5ccc6c(c5)oc5ccccc56)cc4)cc4oc5c6ccccc6ccc5c34)=NC(c3ccc(-c4ccccc4)cc3)N2)cc1. The van der Waals surface area contributed by atoms with E-state index in [-0.39, 0.29) is 6.17 Å². The van der Waals surface area contributed by atoms with Crippen LogP contribution < -0.4 is 5.32 Å². The van der Waals surface area contributed by atoms with E-state index in [9.17, 15) is 0 Å². The fraction of sp³-hybridized carbons (Fsp3) is 0.0182. The second-order valence-corrected chi connectivity index (χ2v) is 15.4. The van der Waals surface area contributed by atoms with E-state index in [0.29, 0.717) is 5.84 Å². The van der Waals surface area contributed by atoms with Crippen LogP contribution in [0.1, 0.15) is 22.9 Å². The van der Waals surface area contributed by atoms with Crippen molar-refractivity contribution < 1.29 is 8.83 Å². The van der Waals surface area contributed by atoms with Crippen molar-refractivity contribution in [3.05, 3.63) is 217 Å². The Labute approximate surface area is 345 Å². The summed E-state index contributed by atoms with van der Waals surface area (Å²) in [6, 6.07) is 69.9. The fourth-order valence-electron chi connectivity index (χ4n) is 8.71. The second kappa shape index (κ2) is 13.8. The van der Waals surface area contributed by atoms with E-state index in [1.165, 1.54) is 5.56 Å². The predicted molar refractivity (Wildman–Crippen MR) is 247 cm³/mol. The number of nitrogens with zero attached hydrogens (tertiary/aromatic N) is 2. The minimum atomic E-state index is -0.376. The molecule has 5 heteroatoms. The van der Waals surface area contributed by atoms with Crippen LogP contribution in [-0.4, -0.2) is 11.7 Å². The number of rotatable bonds is 6. The highest BCUT2D eigenvalue weighted by atomic mass is 16.3. The monoisotopic (exact) mass is 769 g/mol. The van der Waals surface area contributed by atoms with E-state index in [1.54, 1.807) is 0 Å². The molecule has 9 aromatic carbocycles. The van der Waals surface area contributed by atoms with Crippen molar-refractivity contribution in [1.82, 2.24) is 5.32 Å². The largest absolute Gasteiger partial charge is 0.456 e. The van der Waals surface area contributed by atoms with E-state index in [2.05, 4.69) is 169 Å². The molecule has 0 saturated heterocycles. The lowest BCUT2D eigenvalue weighted by Gasteiger charge is -2.24. The number of nitrogens with one attached hydrogen (secondary N) is 1. The molecule has 1 aliphatic heterocycles. The Morgan fingerprint density at radius 2 is 0.983 bits per heavy atom. The number of aliphatic imine (C=N–C) groups is 2. The highest BCUT2D eigenvalue weighted by Crippen LogP contribution is 2.40. The molecular formula is C55H35N3O2. The standard InChI is InChI=1S/C55H35N3O2/c1-3-11-34(12-4-1)35-23-25-40(26-24-35)54-56-53(39-14-5-2-6-15-39)57-55(58-54)47-31-42(33-50-51(47)46-30-27-38-13-7-8-16-43(38)52(46)60-50)37-21-19-36(20-22-37)41-28-29-45-44-17-9-10-18-48(44)59-49(45)32-41/h1-33,54H,(H,56,57,58). The first-order valence-electron chi connectivity index (χ1n) is 20.2. The summed E-state index contributed by atoms with van der Waals surface area (Å²) >= 11 is 0. The molecule has 0 fully saturated rings. The first-order valence-corrected chi connectivity index (χ1v) is 20.2. The first-order chi connectivity index (χ1) is 29.7. The van der Waals surface area contributed by atoms with E-state index in [0.717, 1.165) is 105 Å². The van der Waals surface area contributed by atoms with Crippen molar-refractivity contribution >= 4 is 66.3 Å². The van der Waals surface area contributed by atoms with Gasteiger partial charge in [-0.1, -0.05) is 164 Å². The van der Waals surface area contributed by atoms with Gasteiger partial charge in [-0.3, -0.25) is 0 Å². The lowest BCUT2D eigenvalue weighted by Crippen LogP contribution is -2.33. The van der Waals surface area contributed by atoms with Crippen molar-refractivity contribution in [3.8, 4) is 33.4 Å². The third kappa shape index (κ3) is 5.78. The highest BCUT2D eigenvalue weighted by molar-refractivity contribution is 6.25. The molecule has 12 rings (SSSR count). The molecule has 282 valence electrons. The van der Waals surface area contributed by atoms with Crippen molar-refractivity contribution in [3.63, 3.8) is 0 Å². The molecule has 2 aromatic heterocycles. The van der Waals surface area contributed by atoms with E-state index < -0.39 is 0 Å².